The van der Waals surface area contributed by atoms with Gasteiger partial charge >= 0.3 is 6.61 Å². The maximum atomic E-state index is 12.4. The molecule has 146 valence electrons. The molecule has 1 heterocycles. The van der Waals surface area contributed by atoms with Crippen LogP contribution in [0.3, 0.4) is 0 Å². The van der Waals surface area contributed by atoms with Gasteiger partial charge in [0.2, 0.25) is 11.7 Å². The van der Waals surface area contributed by atoms with E-state index in [9.17, 15) is 13.6 Å². The highest BCUT2D eigenvalue weighted by molar-refractivity contribution is 6.30. The molecule has 0 fully saturated rings. The SMILES string of the molecule is O=C(Cn1nnc(-c2ccc(Cl)cc2)n1)NCCc1ccccc1OC(F)F. The van der Waals surface area contributed by atoms with Gasteiger partial charge in [-0.3, -0.25) is 4.79 Å². The van der Waals surface area contributed by atoms with Crippen molar-refractivity contribution < 1.29 is 18.3 Å². The molecular formula is C18H16ClF2N5O2. The van der Waals surface area contributed by atoms with Crippen molar-refractivity contribution in [2.24, 2.45) is 0 Å². The number of carbonyl (C=O) groups excluding carboxylic acids is 1. The largest absolute Gasteiger partial charge is 0.435 e. The quantitative estimate of drug-likeness (QED) is 0.621. The topological polar surface area (TPSA) is 81.9 Å². The van der Waals surface area contributed by atoms with Crippen LogP contribution in [0, 0.1) is 0 Å². The molecule has 0 aliphatic heterocycles. The van der Waals surface area contributed by atoms with Gasteiger partial charge in [0.25, 0.3) is 0 Å². The molecule has 3 aromatic rings. The molecule has 0 saturated heterocycles. The molecule has 1 aromatic heterocycles. The van der Waals surface area contributed by atoms with Crippen LogP contribution in [0.25, 0.3) is 11.4 Å². The fraction of sp³-hybridized carbons (Fsp3) is 0.222. The molecule has 1 N–H and O–H groups in total. The van der Waals surface area contributed by atoms with Crippen LogP contribution in [0.15, 0.2) is 48.5 Å². The Bertz CT molecular complexity index is 934. The third-order valence-electron chi connectivity index (χ3n) is 3.75. The first-order chi connectivity index (χ1) is 13.5. The second-order valence-corrected chi connectivity index (χ2v) is 6.17. The molecule has 0 bridgehead atoms. The van der Waals surface area contributed by atoms with Crippen LogP contribution >= 0.6 is 11.6 Å². The second kappa shape index (κ2) is 9.23. The normalized spacial score (nSPS) is 10.9. The van der Waals surface area contributed by atoms with Gasteiger partial charge in [-0.15, -0.1) is 10.2 Å². The van der Waals surface area contributed by atoms with Crippen molar-refractivity contribution >= 4 is 17.5 Å². The zero-order valence-electron chi connectivity index (χ0n) is 14.6. The van der Waals surface area contributed by atoms with E-state index in [1.165, 1.54) is 10.9 Å². The van der Waals surface area contributed by atoms with E-state index < -0.39 is 6.61 Å². The number of hydrogen-bond acceptors (Lipinski definition) is 5. The third-order valence-corrected chi connectivity index (χ3v) is 4.00. The van der Waals surface area contributed by atoms with Crippen LogP contribution < -0.4 is 10.1 Å². The Morgan fingerprint density at radius 3 is 2.68 bits per heavy atom. The molecule has 0 radical (unpaired) electrons. The molecular weight excluding hydrogens is 392 g/mol. The van der Waals surface area contributed by atoms with E-state index in [1.54, 1.807) is 42.5 Å². The van der Waals surface area contributed by atoms with Crippen molar-refractivity contribution in [3.63, 3.8) is 0 Å². The highest BCUT2D eigenvalue weighted by Crippen LogP contribution is 2.20. The van der Waals surface area contributed by atoms with Crippen molar-refractivity contribution in [2.75, 3.05) is 6.54 Å². The van der Waals surface area contributed by atoms with Gasteiger partial charge in [0, 0.05) is 17.1 Å². The smallest absolute Gasteiger partial charge is 0.387 e. The van der Waals surface area contributed by atoms with E-state index in [4.69, 9.17) is 11.6 Å². The highest BCUT2D eigenvalue weighted by Gasteiger charge is 2.11. The van der Waals surface area contributed by atoms with Gasteiger partial charge in [0.1, 0.15) is 12.3 Å². The number of alkyl halides is 2. The molecule has 1 amide bonds. The molecule has 28 heavy (non-hydrogen) atoms. The zero-order chi connectivity index (χ0) is 19.9. The van der Waals surface area contributed by atoms with E-state index >= 15 is 0 Å². The van der Waals surface area contributed by atoms with Gasteiger partial charge < -0.3 is 10.1 Å². The minimum Gasteiger partial charge on any atom is -0.435 e. The predicted molar refractivity (Wildman–Crippen MR) is 98.1 cm³/mol. The Kier molecular flexibility index (Phi) is 6.49. The molecule has 0 spiro atoms. The molecule has 2 aromatic carbocycles. The first-order valence-corrected chi connectivity index (χ1v) is 8.72. The molecule has 0 aliphatic carbocycles. The summed E-state index contributed by atoms with van der Waals surface area (Å²) in [4.78, 5) is 13.2. The van der Waals surface area contributed by atoms with Gasteiger partial charge in [0.15, 0.2) is 0 Å². The van der Waals surface area contributed by atoms with Crippen LogP contribution in [-0.2, 0) is 17.8 Å². The predicted octanol–water partition coefficient (Wildman–Crippen LogP) is 2.95. The minimum atomic E-state index is -2.90. The molecule has 3 rings (SSSR count). The third kappa shape index (κ3) is 5.46. The summed E-state index contributed by atoms with van der Waals surface area (Å²) in [6, 6.07) is 13.4. The number of aromatic nitrogens is 4. The summed E-state index contributed by atoms with van der Waals surface area (Å²) in [6.07, 6.45) is 0.343. The average Bonchev–Trinajstić information content (AvgIpc) is 3.11. The number of para-hydroxylation sites is 1. The van der Waals surface area contributed by atoms with Crippen molar-refractivity contribution in [3.05, 3.63) is 59.1 Å². The number of carbonyl (C=O) groups is 1. The molecule has 0 unspecified atom stereocenters. The fourth-order valence-corrected chi connectivity index (χ4v) is 2.59. The van der Waals surface area contributed by atoms with Gasteiger partial charge in [-0.2, -0.15) is 13.6 Å². The fourth-order valence-electron chi connectivity index (χ4n) is 2.47. The lowest BCUT2D eigenvalue weighted by atomic mass is 10.1. The van der Waals surface area contributed by atoms with E-state index in [0.29, 0.717) is 22.8 Å². The first-order valence-electron chi connectivity index (χ1n) is 8.34. The molecule has 10 heteroatoms. The maximum Gasteiger partial charge on any atom is 0.387 e. The number of halogens is 3. The Balaban J connectivity index is 1.51. The van der Waals surface area contributed by atoms with Gasteiger partial charge in [-0.1, -0.05) is 29.8 Å². The monoisotopic (exact) mass is 407 g/mol. The molecule has 7 nitrogen and oxygen atoms in total. The Morgan fingerprint density at radius 2 is 1.93 bits per heavy atom. The zero-order valence-corrected chi connectivity index (χ0v) is 15.3. The lowest BCUT2D eigenvalue weighted by Gasteiger charge is -2.10. The van der Waals surface area contributed by atoms with Crippen molar-refractivity contribution in [1.29, 1.82) is 0 Å². The average molecular weight is 408 g/mol. The summed E-state index contributed by atoms with van der Waals surface area (Å²) in [7, 11) is 0. The van der Waals surface area contributed by atoms with Gasteiger partial charge in [-0.25, -0.2) is 0 Å². The van der Waals surface area contributed by atoms with Gasteiger partial charge in [0.05, 0.1) is 0 Å². The van der Waals surface area contributed by atoms with E-state index in [2.05, 4.69) is 25.5 Å². The lowest BCUT2D eigenvalue weighted by Crippen LogP contribution is -2.30. The highest BCUT2D eigenvalue weighted by atomic mass is 35.5. The Morgan fingerprint density at radius 1 is 1.18 bits per heavy atom. The standard InChI is InChI=1S/C18H16ClF2N5O2/c19-14-7-5-13(6-8-14)17-23-25-26(24-17)11-16(27)22-10-9-12-3-1-2-4-15(12)28-18(20)21/h1-8,18H,9-11H2,(H,22,27). The summed E-state index contributed by atoms with van der Waals surface area (Å²) in [6.45, 7) is -2.76. The number of hydrogen-bond donors (Lipinski definition) is 1. The van der Waals surface area contributed by atoms with Crippen LogP contribution in [-0.4, -0.2) is 39.3 Å². The summed E-state index contributed by atoms with van der Waals surface area (Å²) < 4.78 is 29.3. The van der Waals surface area contributed by atoms with Gasteiger partial charge in [-0.05, 0) is 47.5 Å². The first kappa shape index (κ1) is 19.7. The number of benzene rings is 2. The van der Waals surface area contributed by atoms with Crippen molar-refractivity contribution in [3.8, 4) is 17.1 Å². The lowest BCUT2D eigenvalue weighted by molar-refractivity contribution is -0.122. The number of tetrazole rings is 1. The van der Waals surface area contributed by atoms with Crippen LogP contribution in [0.5, 0.6) is 5.75 Å². The number of rotatable bonds is 8. The summed E-state index contributed by atoms with van der Waals surface area (Å²) in [5, 5.41) is 15.2. The van der Waals surface area contributed by atoms with E-state index in [-0.39, 0.29) is 24.7 Å². The number of nitrogens with one attached hydrogen (secondary N) is 1. The summed E-state index contributed by atoms with van der Waals surface area (Å²) in [5.41, 5.74) is 1.30. The van der Waals surface area contributed by atoms with Crippen molar-refractivity contribution in [1.82, 2.24) is 25.5 Å². The van der Waals surface area contributed by atoms with E-state index in [0.717, 1.165) is 5.56 Å². The Labute approximate surface area is 164 Å². The minimum absolute atomic E-state index is 0.0947. The molecule has 0 saturated carbocycles. The van der Waals surface area contributed by atoms with Crippen molar-refractivity contribution in [2.45, 2.75) is 19.6 Å². The van der Waals surface area contributed by atoms with E-state index in [1.807, 2.05) is 0 Å². The summed E-state index contributed by atoms with van der Waals surface area (Å²) in [5.74, 6) is 0.146. The maximum absolute atomic E-state index is 12.4. The second-order valence-electron chi connectivity index (χ2n) is 5.74. The molecule has 0 aliphatic rings. The summed E-state index contributed by atoms with van der Waals surface area (Å²) >= 11 is 5.84. The van der Waals surface area contributed by atoms with Crippen LogP contribution in [0.4, 0.5) is 8.78 Å². The Hall–Kier alpha value is -3.07. The number of amides is 1. The number of ether oxygens (including phenoxy) is 1. The number of nitrogens with zero attached hydrogens (tertiary/aromatic N) is 4. The molecule has 0 atom stereocenters. The van der Waals surface area contributed by atoms with Crippen LogP contribution in [0.1, 0.15) is 5.56 Å². The van der Waals surface area contributed by atoms with Crippen LogP contribution in [0.2, 0.25) is 5.02 Å².